The molecule has 3 atom stereocenters. The van der Waals surface area contributed by atoms with Crippen LogP contribution in [0.15, 0.2) is 72.8 Å². The SMILES string of the molecule is O=C1NC(=O)[C@]2(Cc3cccc(F)c3N3CC[C@@H](c4ccccc4)C[C@@H]32)C(=O)N1c1ccc(C(F)(F)F)cc1. The second-order valence-electron chi connectivity index (χ2n) is 10.2. The van der Waals surface area contributed by atoms with Crippen LogP contribution in [0.5, 0.6) is 0 Å². The van der Waals surface area contributed by atoms with E-state index in [1.165, 1.54) is 12.1 Å². The van der Waals surface area contributed by atoms with Crippen molar-refractivity contribution in [2.24, 2.45) is 5.41 Å². The summed E-state index contributed by atoms with van der Waals surface area (Å²) in [6.45, 7) is 0.370. The summed E-state index contributed by atoms with van der Waals surface area (Å²) in [6, 6.07) is 15.9. The molecule has 6 rings (SSSR count). The van der Waals surface area contributed by atoms with Gasteiger partial charge in [-0.1, -0.05) is 42.5 Å². The van der Waals surface area contributed by atoms with Crippen LogP contribution in [0.25, 0.3) is 0 Å². The third-order valence-electron chi connectivity index (χ3n) is 8.14. The van der Waals surface area contributed by atoms with Crippen molar-refractivity contribution < 1.29 is 31.9 Å². The Labute approximate surface area is 221 Å². The lowest BCUT2D eigenvalue weighted by Gasteiger charge is -2.54. The molecule has 0 aliphatic carbocycles. The van der Waals surface area contributed by atoms with Crippen LogP contribution in [0.1, 0.15) is 35.4 Å². The van der Waals surface area contributed by atoms with E-state index >= 15 is 4.39 Å². The van der Waals surface area contributed by atoms with Crippen molar-refractivity contribution in [2.75, 3.05) is 16.3 Å². The summed E-state index contributed by atoms with van der Waals surface area (Å²) in [6.07, 6.45) is -3.76. The number of benzene rings is 3. The van der Waals surface area contributed by atoms with Crippen molar-refractivity contribution in [1.29, 1.82) is 0 Å². The van der Waals surface area contributed by atoms with Gasteiger partial charge in [0.2, 0.25) is 5.91 Å². The van der Waals surface area contributed by atoms with E-state index in [1.807, 2.05) is 30.3 Å². The summed E-state index contributed by atoms with van der Waals surface area (Å²) in [5.74, 6) is -2.13. The lowest BCUT2D eigenvalue weighted by molar-refractivity contribution is -0.145. The van der Waals surface area contributed by atoms with Crippen LogP contribution >= 0.6 is 0 Å². The third-order valence-corrected chi connectivity index (χ3v) is 8.14. The zero-order valence-electron chi connectivity index (χ0n) is 20.5. The highest BCUT2D eigenvalue weighted by atomic mass is 19.4. The number of hydrogen-bond acceptors (Lipinski definition) is 4. The number of carbonyl (C=O) groups excluding carboxylic acids is 3. The fourth-order valence-corrected chi connectivity index (χ4v) is 6.31. The Hall–Kier alpha value is -4.21. The predicted octanol–water partition coefficient (Wildman–Crippen LogP) is 5.42. The Morgan fingerprint density at radius 3 is 2.31 bits per heavy atom. The van der Waals surface area contributed by atoms with Gasteiger partial charge in [0.1, 0.15) is 5.82 Å². The standard InChI is InChI=1S/C29H23F4N3O3/c30-22-8-4-7-19-16-28(23-15-18(13-14-35(23)24(19)22)17-5-2-1-3-6-17)25(37)34-27(39)36(26(28)38)21-11-9-20(10-12-21)29(31,32)33/h1-12,18,23H,13-16H2,(H,34,37,39)/t18-,23-,28-/m1/s1. The van der Waals surface area contributed by atoms with Gasteiger partial charge in [0, 0.05) is 6.54 Å². The van der Waals surface area contributed by atoms with Crippen molar-refractivity contribution in [3.05, 3.63) is 95.3 Å². The maximum absolute atomic E-state index is 15.2. The van der Waals surface area contributed by atoms with Crippen molar-refractivity contribution in [3.8, 4) is 0 Å². The van der Waals surface area contributed by atoms with Gasteiger partial charge in [-0.2, -0.15) is 13.2 Å². The van der Waals surface area contributed by atoms with Crippen LogP contribution in [-0.4, -0.2) is 30.4 Å². The first kappa shape index (κ1) is 25.1. The number of amides is 4. The molecule has 200 valence electrons. The normalized spacial score (nSPS) is 24.9. The first-order valence-electron chi connectivity index (χ1n) is 12.6. The fraction of sp³-hybridized carbons (Fsp3) is 0.276. The summed E-state index contributed by atoms with van der Waals surface area (Å²) in [4.78, 5) is 43.4. The molecule has 1 spiro atoms. The Balaban J connectivity index is 1.47. The molecule has 0 aromatic heterocycles. The van der Waals surface area contributed by atoms with Crippen LogP contribution < -0.4 is 15.1 Å². The zero-order valence-corrected chi connectivity index (χ0v) is 20.5. The molecule has 1 N–H and O–H groups in total. The predicted molar refractivity (Wildman–Crippen MR) is 135 cm³/mol. The number of nitrogens with one attached hydrogen (secondary N) is 1. The second-order valence-corrected chi connectivity index (χ2v) is 10.2. The van der Waals surface area contributed by atoms with Gasteiger partial charge in [-0.05, 0) is 66.6 Å². The molecule has 3 aliphatic heterocycles. The molecule has 6 nitrogen and oxygen atoms in total. The molecule has 0 radical (unpaired) electrons. The van der Waals surface area contributed by atoms with E-state index in [9.17, 15) is 27.6 Å². The van der Waals surface area contributed by atoms with Crippen molar-refractivity contribution in [3.63, 3.8) is 0 Å². The summed E-state index contributed by atoms with van der Waals surface area (Å²) < 4.78 is 54.6. The monoisotopic (exact) mass is 537 g/mol. The number of piperidine rings is 1. The molecule has 0 unspecified atom stereocenters. The number of barbiturate groups is 1. The fourth-order valence-electron chi connectivity index (χ4n) is 6.31. The Morgan fingerprint density at radius 2 is 1.62 bits per heavy atom. The van der Waals surface area contributed by atoms with Crippen LogP contribution in [0, 0.1) is 11.2 Å². The van der Waals surface area contributed by atoms with Gasteiger partial charge >= 0.3 is 12.2 Å². The maximum atomic E-state index is 15.2. The van der Waals surface area contributed by atoms with Gasteiger partial charge in [0.15, 0.2) is 5.41 Å². The van der Waals surface area contributed by atoms with Crippen LogP contribution in [-0.2, 0) is 22.2 Å². The van der Waals surface area contributed by atoms with Crippen LogP contribution in [0.2, 0.25) is 0 Å². The highest BCUT2D eigenvalue weighted by molar-refractivity contribution is 6.30. The van der Waals surface area contributed by atoms with E-state index in [2.05, 4.69) is 5.32 Å². The smallest absolute Gasteiger partial charge is 0.364 e. The summed E-state index contributed by atoms with van der Waals surface area (Å²) in [5, 5.41) is 2.28. The van der Waals surface area contributed by atoms with E-state index in [4.69, 9.17) is 0 Å². The number of anilines is 2. The van der Waals surface area contributed by atoms with Gasteiger partial charge < -0.3 is 4.90 Å². The maximum Gasteiger partial charge on any atom is 0.416 e. The van der Waals surface area contributed by atoms with E-state index in [-0.39, 0.29) is 18.0 Å². The molecule has 3 aromatic rings. The van der Waals surface area contributed by atoms with Gasteiger partial charge in [0.05, 0.1) is 23.0 Å². The van der Waals surface area contributed by atoms with E-state index in [1.54, 1.807) is 11.0 Å². The minimum absolute atomic E-state index is 0.0320. The lowest BCUT2D eigenvalue weighted by atomic mass is 9.64. The molecular weight excluding hydrogens is 514 g/mol. The molecule has 4 amide bonds. The summed E-state index contributed by atoms with van der Waals surface area (Å²) >= 11 is 0. The lowest BCUT2D eigenvalue weighted by Crippen LogP contribution is -2.73. The van der Waals surface area contributed by atoms with Gasteiger partial charge in [-0.25, -0.2) is 14.1 Å². The molecule has 39 heavy (non-hydrogen) atoms. The minimum atomic E-state index is -4.60. The highest BCUT2D eigenvalue weighted by Gasteiger charge is 2.63. The first-order valence-corrected chi connectivity index (χ1v) is 12.6. The number of rotatable bonds is 2. The number of alkyl halides is 3. The molecular formula is C29H23F4N3O3. The Morgan fingerprint density at radius 1 is 0.897 bits per heavy atom. The third kappa shape index (κ3) is 3.88. The molecule has 0 saturated carbocycles. The number of imide groups is 2. The number of para-hydroxylation sites is 1. The Kier molecular flexibility index (Phi) is 5.74. The van der Waals surface area contributed by atoms with Crippen molar-refractivity contribution in [1.82, 2.24) is 5.32 Å². The molecule has 2 saturated heterocycles. The Bertz CT molecular complexity index is 1480. The van der Waals surface area contributed by atoms with Gasteiger partial charge in [-0.15, -0.1) is 0 Å². The quantitative estimate of drug-likeness (QED) is 0.350. The van der Waals surface area contributed by atoms with Crippen LogP contribution in [0.4, 0.5) is 33.7 Å². The van der Waals surface area contributed by atoms with E-state index in [0.717, 1.165) is 34.7 Å². The minimum Gasteiger partial charge on any atom is -0.364 e. The van der Waals surface area contributed by atoms with Gasteiger partial charge in [0.25, 0.3) is 5.91 Å². The molecule has 3 aromatic carbocycles. The molecule has 10 heteroatoms. The second kappa shape index (κ2) is 8.93. The summed E-state index contributed by atoms with van der Waals surface area (Å²) in [7, 11) is 0. The highest BCUT2D eigenvalue weighted by Crippen LogP contribution is 2.51. The molecule has 3 aliphatic rings. The number of nitrogens with zero attached hydrogens (tertiary/aromatic N) is 2. The zero-order chi connectivity index (χ0) is 27.5. The average molecular weight is 538 g/mol. The number of urea groups is 1. The van der Waals surface area contributed by atoms with Crippen molar-refractivity contribution in [2.45, 2.75) is 37.4 Å². The van der Waals surface area contributed by atoms with Crippen LogP contribution in [0.3, 0.4) is 0 Å². The van der Waals surface area contributed by atoms with Crippen molar-refractivity contribution >= 4 is 29.2 Å². The number of fused-ring (bicyclic) bond motifs is 4. The number of halogens is 4. The topological polar surface area (TPSA) is 69.7 Å². The number of hydrogen-bond donors (Lipinski definition) is 1. The summed E-state index contributed by atoms with van der Waals surface area (Å²) in [5.41, 5.74) is -1.03. The molecule has 2 fully saturated rings. The number of carbonyl (C=O) groups is 3. The van der Waals surface area contributed by atoms with E-state index in [0.29, 0.717) is 30.6 Å². The van der Waals surface area contributed by atoms with Gasteiger partial charge in [-0.3, -0.25) is 14.9 Å². The van der Waals surface area contributed by atoms with E-state index < -0.39 is 46.9 Å². The largest absolute Gasteiger partial charge is 0.416 e. The average Bonchev–Trinajstić information content (AvgIpc) is 2.92. The first-order chi connectivity index (χ1) is 18.6. The molecule has 3 heterocycles. The molecule has 0 bridgehead atoms.